The normalized spacial score (nSPS) is 12.6. The van der Waals surface area contributed by atoms with Gasteiger partial charge in [-0.05, 0) is 55.7 Å². The van der Waals surface area contributed by atoms with E-state index in [0.29, 0.717) is 28.5 Å². The summed E-state index contributed by atoms with van der Waals surface area (Å²) in [5, 5.41) is 9.73. The number of alkyl halides is 3. The third kappa shape index (κ3) is 5.63. The number of hydrogen-bond acceptors (Lipinski definition) is 4. The van der Waals surface area contributed by atoms with Crippen molar-refractivity contribution in [1.82, 2.24) is 25.5 Å². The maximum absolute atomic E-state index is 12.4. The summed E-state index contributed by atoms with van der Waals surface area (Å²) in [6.45, 7) is 3.69. The second kappa shape index (κ2) is 8.42. The molecule has 0 aliphatic heterocycles. The molecule has 3 aromatic rings. The molecule has 6 nitrogen and oxygen atoms in total. The van der Waals surface area contributed by atoms with Gasteiger partial charge in [0.05, 0.1) is 6.04 Å². The Balaban J connectivity index is 1.62. The maximum Gasteiger partial charge on any atom is 0.389 e. The molecule has 2 heterocycles. The minimum absolute atomic E-state index is 0.115. The van der Waals surface area contributed by atoms with E-state index in [1.165, 1.54) is 24.3 Å². The van der Waals surface area contributed by atoms with Gasteiger partial charge in [-0.2, -0.15) is 18.3 Å². The van der Waals surface area contributed by atoms with E-state index in [4.69, 9.17) is 0 Å². The van der Waals surface area contributed by atoms with E-state index < -0.39 is 18.6 Å². The highest BCUT2D eigenvalue weighted by atomic mass is 19.4. The molecule has 0 radical (unpaired) electrons. The van der Waals surface area contributed by atoms with Gasteiger partial charge in [-0.1, -0.05) is 12.1 Å². The Kier molecular flexibility index (Phi) is 5.95. The standard InChI is InChI=1S/C20H20F3N5O/c1-12-8-10-24-16(11-12)18-26-17(27-28-18)13(2)25-19(29)15-5-3-14(4-6-15)7-9-20(21,22)23/h3-6,8,10-11,13H,7,9H2,1-2H3,(H,25,29)(H,26,27,28). The van der Waals surface area contributed by atoms with Crippen LogP contribution in [0.25, 0.3) is 11.5 Å². The maximum atomic E-state index is 12.4. The van der Waals surface area contributed by atoms with Gasteiger partial charge in [0, 0.05) is 18.2 Å². The van der Waals surface area contributed by atoms with Gasteiger partial charge in [0.2, 0.25) is 0 Å². The number of carbonyl (C=O) groups excluding carboxylic acids is 1. The van der Waals surface area contributed by atoms with Crippen LogP contribution in [0, 0.1) is 6.92 Å². The number of pyridine rings is 1. The van der Waals surface area contributed by atoms with Crippen molar-refractivity contribution in [2.45, 2.75) is 38.9 Å². The molecule has 2 aromatic heterocycles. The van der Waals surface area contributed by atoms with Crippen LogP contribution in [0.3, 0.4) is 0 Å². The Morgan fingerprint density at radius 3 is 2.59 bits per heavy atom. The molecule has 9 heteroatoms. The van der Waals surface area contributed by atoms with E-state index in [1.54, 1.807) is 13.1 Å². The van der Waals surface area contributed by atoms with Crippen molar-refractivity contribution in [2.75, 3.05) is 0 Å². The lowest BCUT2D eigenvalue weighted by Crippen LogP contribution is -2.27. The van der Waals surface area contributed by atoms with E-state index in [-0.39, 0.29) is 12.3 Å². The number of aromatic nitrogens is 4. The topological polar surface area (TPSA) is 83.6 Å². The van der Waals surface area contributed by atoms with Gasteiger partial charge < -0.3 is 5.32 Å². The number of H-pyrrole nitrogens is 1. The first-order valence-electron chi connectivity index (χ1n) is 9.03. The first kappa shape index (κ1) is 20.5. The fraction of sp³-hybridized carbons (Fsp3) is 0.300. The zero-order valence-electron chi connectivity index (χ0n) is 15.9. The van der Waals surface area contributed by atoms with E-state index in [0.717, 1.165) is 5.56 Å². The number of hydrogen-bond donors (Lipinski definition) is 2. The minimum atomic E-state index is -4.20. The van der Waals surface area contributed by atoms with Crippen LogP contribution in [-0.2, 0) is 6.42 Å². The molecule has 0 bridgehead atoms. The van der Waals surface area contributed by atoms with Crippen molar-refractivity contribution >= 4 is 5.91 Å². The highest BCUT2D eigenvalue weighted by molar-refractivity contribution is 5.94. The first-order valence-corrected chi connectivity index (χ1v) is 9.03. The second-order valence-corrected chi connectivity index (χ2v) is 6.77. The molecule has 0 fully saturated rings. The number of rotatable bonds is 6. The molecule has 0 spiro atoms. The van der Waals surface area contributed by atoms with Crippen molar-refractivity contribution in [3.05, 3.63) is 65.1 Å². The van der Waals surface area contributed by atoms with Gasteiger partial charge in [0.25, 0.3) is 5.91 Å². The van der Waals surface area contributed by atoms with Crippen LogP contribution < -0.4 is 5.32 Å². The molecule has 3 rings (SSSR count). The Morgan fingerprint density at radius 1 is 1.21 bits per heavy atom. The lowest BCUT2D eigenvalue weighted by Gasteiger charge is -2.11. The summed E-state index contributed by atoms with van der Waals surface area (Å²) in [5.41, 5.74) is 2.53. The summed E-state index contributed by atoms with van der Waals surface area (Å²) in [6, 6.07) is 9.36. The van der Waals surface area contributed by atoms with Crippen LogP contribution in [0.1, 0.15) is 46.7 Å². The second-order valence-electron chi connectivity index (χ2n) is 6.77. The first-order chi connectivity index (χ1) is 13.7. The van der Waals surface area contributed by atoms with Crippen LogP contribution in [0.5, 0.6) is 0 Å². The van der Waals surface area contributed by atoms with Gasteiger partial charge in [0.1, 0.15) is 11.5 Å². The van der Waals surface area contributed by atoms with Crippen LogP contribution in [0.2, 0.25) is 0 Å². The number of halogens is 3. The summed E-state index contributed by atoms with van der Waals surface area (Å²) in [5.74, 6) is 0.545. The summed E-state index contributed by atoms with van der Waals surface area (Å²) in [6.07, 6.45) is -3.53. The van der Waals surface area contributed by atoms with Gasteiger partial charge in [-0.25, -0.2) is 4.98 Å². The van der Waals surface area contributed by atoms with Gasteiger partial charge in [-0.15, -0.1) is 0 Å². The van der Waals surface area contributed by atoms with Crippen LogP contribution in [-0.4, -0.2) is 32.2 Å². The average molecular weight is 403 g/mol. The van der Waals surface area contributed by atoms with Crippen LogP contribution in [0.15, 0.2) is 42.6 Å². The number of aromatic amines is 1. The van der Waals surface area contributed by atoms with E-state index in [2.05, 4.69) is 25.5 Å². The predicted molar refractivity (Wildman–Crippen MR) is 101 cm³/mol. The van der Waals surface area contributed by atoms with Crippen molar-refractivity contribution in [2.24, 2.45) is 0 Å². The number of carbonyl (C=O) groups is 1. The van der Waals surface area contributed by atoms with Crippen LogP contribution >= 0.6 is 0 Å². The molecule has 0 saturated heterocycles. The highest BCUT2D eigenvalue weighted by Gasteiger charge is 2.26. The largest absolute Gasteiger partial charge is 0.389 e. The van der Waals surface area contributed by atoms with Gasteiger partial charge in [0.15, 0.2) is 5.82 Å². The quantitative estimate of drug-likeness (QED) is 0.647. The van der Waals surface area contributed by atoms with Gasteiger partial charge in [-0.3, -0.25) is 14.9 Å². The third-order valence-corrected chi connectivity index (χ3v) is 4.32. The van der Waals surface area contributed by atoms with E-state index in [9.17, 15) is 18.0 Å². The molecule has 0 aliphatic carbocycles. The molecular weight excluding hydrogens is 383 g/mol. The molecule has 29 heavy (non-hydrogen) atoms. The summed E-state index contributed by atoms with van der Waals surface area (Å²) in [4.78, 5) is 21.0. The third-order valence-electron chi connectivity index (χ3n) is 4.32. The molecule has 2 N–H and O–H groups in total. The predicted octanol–water partition coefficient (Wildman–Crippen LogP) is 4.16. The molecule has 0 aliphatic rings. The lowest BCUT2D eigenvalue weighted by molar-refractivity contribution is -0.134. The number of benzene rings is 1. The SMILES string of the molecule is Cc1ccnc(-c2n[nH]c(C(C)NC(=O)c3ccc(CCC(F)(F)F)cc3)n2)c1. The Labute approximate surface area is 165 Å². The average Bonchev–Trinajstić information content (AvgIpc) is 3.16. The van der Waals surface area contributed by atoms with Crippen molar-refractivity contribution in [3.63, 3.8) is 0 Å². The van der Waals surface area contributed by atoms with Crippen molar-refractivity contribution in [3.8, 4) is 11.5 Å². The zero-order chi connectivity index (χ0) is 21.0. The smallest absolute Gasteiger partial charge is 0.342 e. The molecule has 1 atom stereocenters. The Morgan fingerprint density at radius 2 is 1.93 bits per heavy atom. The molecular formula is C20H20F3N5O. The monoisotopic (exact) mass is 403 g/mol. The molecule has 152 valence electrons. The Bertz CT molecular complexity index is 982. The fourth-order valence-corrected chi connectivity index (χ4v) is 2.70. The number of amides is 1. The number of nitrogens with one attached hydrogen (secondary N) is 2. The van der Waals surface area contributed by atoms with Crippen molar-refractivity contribution in [1.29, 1.82) is 0 Å². The van der Waals surface area contributed by atoms with Crippen LogP contribution in [0.4, 0.5) is 13.2 Å². The molecule has 1 unspecified atom stereocenters. The number of nitrogens with zero attached hydrogens (tertiary/aromatic N) is 3. The highest BCUT2D eigenvalue weighted by Crippen LogP contribution is 2.22. The number of aryl methyl sites for hydroxylation is 2. The summed E-state index contributed by atoms with van der Waals surface area (Å²) >= 11 is 0. The minimum Gasteiger partial charge on any atom is -0.342 e. The fourth-order valence-electron chi connectivity index (χ4n) is 2.70. The van der Waals surface area contributed by atoms with Gasteiger partial charge >= 0.3 is 6.18 Å². The summed E-state index contributed by atoms with van der Waals surface area (Å²) < 4.78 is 36.9. The van der Waals surface area contributed by atoms with Crippen molar-refractivity contribution < 1.29 is 18.0 Å². The zero-order valence-corrected chi connectivity index (χ0v) is 15.9. The van der Waals surface area contributed by atoms with E-state index >= 15 is 0 Å². The molecule has 1 amide bonds. The lowest BCUT2D eigenvalue weighted by atomic mass is 10.1. The molecule has 0 saturated carbocycles. The summed E-state index contributed by atoms with van der Waals surface area (Å²) in [7, 11) is 0. The molecule has 1 aromatic carbocycles. The van der Waals surface area contributed by atoms with E-state index in [1.807, 2.05) is 19.1 Å². The Hall–Kier alpha value is -3.23.